The third-order valence-electron chi connectivity index (χ3n) is 3.28. The molecule has 2 heterocycles. The molecule has 0 radical (unpaired) electrons. The molecule has 0 amide bonds. The van der Waals surface area contributed by atoms with Crippen molar-refractivity contribution in [2.75, 3.05) is 7.05 Å². The summed E-state index contributed by atoms with van der Waals surface area (Å²) in [4.78, 5) is 1.03. The molecule has 0 fully saturated rings. The number of halogens is 3. The maximum Gasteiger partial charge on any atom is 0.416 e. The molecule has 1 atom stereocenters. The Morgan fingerprint density at radius 1 is 1.10 bits per heavy atom. The van der Waals surface area contributed by atoms with Crippen molar-refractivity contribution in [1.29, 1.82) is 0 Å². The standard InChI is InChI=1S/C15H12F3NS2/c1-19-14(13-8-12-11(21-13)5-6-20-12)9-3-2-4-10(7-9)15(16,17)18/h2-8,14,19H,1H3. The summed E-state index contributed by atoms with van der Waals surface area (Å²) in [7, 11) is 1.76. The summed E-state index contributed by atoms with van der Waals surface area (Å²) in [5.74, 6) is 0. The number of nitrogens with one attached hydrogen (secondary N) is 1. The van der Waals surface area contributed by atoms with Crippen LogP contribution in [-0.2, 0) is 6.18 Å². The van der Waals surface area contributed by atoms with Crippen LogP contribution in [0.1, 0.15) is 22.0 Å². The summed E-state index contributed by atoms with van der Waals surface area (Å²) in [6, 6.07) is 9.36. The first kappa shape index (κ1) is 14.6. The minimum atomic E-state index is -4.32. The molecule has 0 aliphatic heterocycles. The lowest BCUT2D eigenvalue weighted by molar-refractivity contribution is -0.137. The molecule has 3 aromatic rings. The fourth-order valence-corrected chi connectivity index (χ4v) is 4.55. The Bertz CT molecular complexity index is 729. The molecular formula is C15H12F3NS2. The molecule has 6 heteroatoms. The fraction of sp³-hybridized carbons (Fsp3) is 0.200. The zero-order valence-corrected chi connectivity index (χ0v) is 12.7. The predicted molar refractivity (Wildman–Crippen MR) is 82.0 cm³/mol. The summed E-state index contributed by atoms with van der Waals surface area (Å²) in [6.45, 7) is 0. The van der Waals surface area contributed by atoms with Crippen molar-refractivity contribution >= 4 is 32.1 Å². The van der Waals surface area contributed by atoms with E-state index in [4.69, 9.17) is 0 Å². The maximum absolute atomic E-state index is 12.8. The van der Waals surface area contributed by atoms with Crippen LogP contribution in [-0.4, -0.2) is 7.05 Å². The first-order valence-electron chi connectivity index (χ1n) is 6.30. The van der Waals surface area contributed by atoms with Gasteiger partial charge < -0.3 is 5.32 Å². The molecule has 110 valence electrons. The fourth-order valence-electron chi connectivity index (χ4n) is 2.29. The van der Waals surface area contributed by atoms with Crippen LogP contribution in [0.3, 0.4) is 0 Å². The van der Waals surface area contributed by atoms with Crippen LogP contribution in [0.25, 0.3) is 9.40 Å². The molecule has 3 rings (SSSR count). The van der Waals surface area contributed by atoms with E-state index in [9.17, 15) is 13.2 Å². The van der Waals surface area contributed by atoms with E-state index in [-0.39, 0.29) is 6.04 Å². The Kier molecular flexibility index (Phi) is 3.77. The normalized spacial score (nSPS) is 13.7. The smallest absolute Gasteiger partial charge is 0.309 e. The molecule has 2 aromatic heterocycles. The first-order valence-corrected chi connectivity index (χ1v) is 8.00. The number of rotatable bonds is 3. The van der Waals surface area contributed by atoms with Crippen molar-refractivity contribution in [2.45, 2.75) is 12.2 Å². The van der Waals surface area contributed by atoms with Gasteiger partial charge in [0.25, 0.3) is 0 Å². The van der Waals surface area contributed by atoms with Gasteiger partial charge in [0.05, 0.1) is 11.6 Å². The minimum Gasteiger partial charge on any atom is -0.309 e. The molecule has 0 spiro atoms. The van der Waals surface area contributed by atoms with Gasteiger partial charge in [0, 0.05) is 14.3 Å². The molecular weight excluding hydrogens is 315 g/mol. The number of alkyl halides is 3. The number of fused-ring (bicyclic) bond motifs is 1. The number of hydrogen-bond donors (Lipinski definition) is 1. The monoisotopic (exact) mass is 327 g/mol. The van der Waals surface area contributed by atoms with E-state index in [1.165, 1.54) is 21.5 Å². The molecule has 0 bridgehead atoms. The molecule has 21 heavy (non-hydrogen) atoms. The van der Waals surface area contributed by atoms with Crippen molar-refractivity contribution in [2.24, 2.45) is 0 Å². The highest BCUT2D eigenvalue weighted by atomic mass is 32.1. The Morgan fingerprint density at radius 2 is 1.90 bits per heavy atom. The van der Waals surface area contributed by atoms with Crippen LogP contribution < -0.4 is 5.32 Å². The Labute approximate surface area is 128 Å². The van der Waals surface area contributed by atoms with Crippen LogP contribution in [0.5, 0.6) is 0 Å². The third kappa shape index (κ3) is 2.84. The van der Waals surface area contributed by atoms with Gasteiger partial charge in [-0.15, -0.1) is 22.7 Å². The zero-order valence-electron chi connectivity index (χ0n) is 11.1. The quantitative estimate of drug-likeness (QED) is 0.689. The lowest BCUT2D eigenvalue weighted by atomic mass is 10.0. The zero-order chi connectivity index (χ0) is 15.0. The number of benzene rings is 1. The maximum atomic E-state index is 12.8. The topological polar surface area (TPSA) is 12.0 Å². The van der Waals surface area contributed by atoms with Gasteiger partial charge in [0.2, 0.25) is 0 Å². The summed E-state index contributed by atoms with van der Waals surface area (Å²) in [5, 5.41) is 5.13. The highest BCUT2D eigenvalue weighted by Gasteiger charge is 2.31. The molecule has 0 aliphatic carbocycles. The second-order valence-corrected chi connectivity index (χ2v) is 6.71. The van der Waals surface area contributed by atoms with E-state index < -0.39 is 11.7 Å². The lowest BCUT2D eigenvalue weighted by Crippen LogP contribution is -2.17. The van der Waals surface area contributed by atoms with E-state index in [2.05, 4.69) is 5.32 Å². The number of hydrogen-bond acceptors (Lipinski definition) is 3. The second-order valence-electron chi connectivity index (χ2n) is 4.64. The largest absolute Gasteiger partial charge is 0.416 e. The number of thiophene rings is 2. The van der Waals surface area contributed by atoms with Gasteiger partial charge >= 0.3 is 6.18 Å². The van der Waals surface area contributed by atoms with E-state index in [0.29, 0.717) is 5.56 Å². The van der Waals surface area contributed by atoms with Gasteiger partial charge in [-0.3, -0.25) is 0 Å². The molecule has 1 unspecified atom stereocenters. The first-order chi connectivity index (χ1) is 9.99. The van der Waals surface area contributed by atoms with Crippen molar-refractivity contribution in [3.8, 4) is 0 Å². The van der Waals surface area contributed by atoms with Crippen molar-refractivity contribution in [3.63, 3.8) is 0 Å². The molecule has 0 saturated heterocycles. The van der Waals surface area contributed by atoms with E-state index in [1.54, 1.807) is 35.8 Å². The Hall–Kier alpha value is -1.37. The van der Waals surface area contributed by atoms with Crippen molar-refractivity contribution in [1.82, 2.24) is 5.32 Å². The third-order valence-corrected chi connectivity index (χ3v) is 5.44. The van der Waals surface area contributed by atoms with E-state index >= 15 is 0 Å². The van der Waals surface area contributed by atoms with Crippen LogP contribution in [0.4, 0.5) is 13.2 Å². The van der Waals surface area contributed by atoms with Crippen LogP contribution >= 0.6 is 22.7 Å². The molecule has 0 saturated carbocycles. The van der Waals surface area contributed by atoms with Gasteiger partial charge in [-0.1, -0.05) is 12.1 Å². The minimum absolute atomic E-state index is 0.225. The molecule has 1 N–H and O–H groups in total. The molecule has 1 nitrogen and oxygen atoms in total. The molecule has 0 aliphatic rings. The average molecular weight is 327 g/mol. The van der Waals surface area contributed by atoms with Gasteiger partial charge in [-0.2, -0.15) is 13.2 Å². The summed E-state index contributed by atoms with van der Waals surface area (Å²) in [6.07, 6.45) is -4.32. The molecule has 1 aromatic carbocycles. The van der Waals surface area contributed by atoms with Crippen LogP contribution in [0, 0.1) is 0 Å². The van der Waals surface area contributed by atoms with Gasteiger partial charge in [0.15, 0.2) is 0 Å². The van der Waals surface area contributed by atoms with E-state index in [1.807, 2.05) is 17.5 Å². The lowest BCUT2D eigenvalue weighted by Gasteiger charge is -2.17. The SMILES string of the molecule is CNC(c1cccc(C(F)(F)F)c1)c1cc2sccc2s1. The second kappa shape index (κ2) is 5.44. The van der Waals surface area contributed by atoms with Crippen molar-refractivity contribution in [3.05, 3.63) is 57.8 Å². The van der Waals surface area contributed by atoms with Crippen LogP contribution in [0.15, 0.2) is 41.8 Å². The van der Waals surface area contributed by atoms with E-state index in [0.717, 1.165) is 10.9 Å². The van der Waals surface area contributed by atoms with Crippen molar-refractivity contribution < 1.29 is 13.2 Å². The van der Waals surface area contributed by atoms with Gasteiger partial charge in [-0.05, 0) is 42.3 Å². The van der Waals surface area contributed by atoms with Gasteiger partial charge in [-0.25, -0.2) is 0 Å². The summed E-state index contributed by atoms with van der Waals surface area (Å²) >= 11 is 3.25. The summed E-state index contributed by atoms with van der Waals surface area (Å²) < 4.78 is 40.9. The Balaban J connectivity index is 2.01. The highest BCUT2D eigenvalue weighted by Crippen LogP contribution is 2.37. The highest BCUT2D eigenvalue weighted by molar-refractivity contribution is 7.27. The Morgan fingerprint density at radius 3 is 2.57 bits per heavy atom. The predicted octanol–water partition coefficient (Wildman–Crippen LogP) is 5.29. The summed E-state index contributed by atoms with van der Waals surface area (Å²) in [5.41, 5.74) is 0.0137. The van der Waals surface area contributed by atoms with Gasteiger partial charge in [0.1, 0.15) is 0 Å². The average Bonchev–Trinajstić information content (AvgIpc) is 3.00. The van der Waals surface area contributed by atoms with Crippen LogP contribution in [0.2, 0.25) is 0 Å².